The Kier molecular flexibility index (Phi) is 4.92. The van der Waals surface area contributed by atoms with Crippen molar-refractivity contribution in [3.05, 3.63) is 69.4 Å². The third-order valence-electron chi connectivity index (χ3n) is 3.20. The lowest BCUT2D eigenvalue weighted by Crippen LogP contribution is -2.11. The van der Waals surface area contributed by atoms with E-state index in [1.807, 2.05) is 24.3 Å². The number of nitrogens with one attached hydrogen (secondary N) is 2. The van der Waals surface area contributed by atoms with E-state index in [9.17, 15) is 9.18 Å². The number of amides is 1. The van der Waals surface area contributed by atoms with Gasteiger partial charge in [-0.15, -0.1) is 0 Å². The highest BCUT2D eigenvalue weighted by molar-refractivity contribution is 9.10. The minimum atomic E-state index is -0.301. The molecular formula is C17H13BrFN3OS. The largest absolute Gasteiger partial charge is 0.332 e. The lowest BCUT2D eigenvalue weighted by Gasteiger charge is -2.04. The summed E-state index contributed by atoms with van der Waals surface area (Å²) >= 11 is 4.61. The van der Waals surface area contributed by atoms with E-state index < -0.39 is 0 Å². The van der Waals surface area contributed by atoms with Gasteiger partial charge in [0.05, 0.1) is 5.69 Å². The number of rotatable bonds is 4. The average Bonchev–Trinajstić information content (AvgIpc) is 2.92. The average molecular weight is 406 g/mol. The summed E-state index contributed by atoms with van der Waals surface area (Å²) in [4.78, 5) is 17.3. The number of benzene rings is 2. The quantitative estimate of drug-likeness (QED) is 0.614. The Morgan fingerprint density at radius 3 is 2.38 bits per heavy atom. The lowest BCUT2D eigenvalue weighted by atomic mass is 10.3. The van der Waals surface area contributed by atoms with E-state index in [1.165, 1.54) is 23.5 Å². The van der Waals surface area contributed by atoms with Gasteiger partial charge in [0.2, 0.25) is 0 Å². The van der Waals surface area contributed by atoms with Crippen molar-refractivity contribution in [3.8, 4) is 0 Å². The van der Waals surface area contributed by atoms with Crippen LogP contribution >= 0.6 is 27.3 Å². The second-order valence-electron chi connectivity index (χ2n) is 5.03. The first-order chi connectivity index (χ1) is 11.5. The summed E-state index contributed by atoms with van der Waals surface area (Å²) in [5.74, 6) is -0.509. The van der Waals surface area contributed by atoms with Crippen LogP contribution in [0.15, 0.2) is 53.0 Å². The SMILES string of the molecule is Cc1nc(Nc2ccc(F)cc2)sc1C(=O)Nc1ccc(Br)cc1. The molecule has 0 saturated carbocycles. The number of thiazole rings is 1. The van der Waals surface area contributed by atoms with Gasteiger partial charge < -0.3 is 10.6 Å². The fraction of sp³-hybridized carbons (Fsp3) is 0.0588. The van der Waals surface area contributed by atoms with E-state index in [1.54, 1.807) is 19.1 Å². The van der Waals surface area contributed by atoms with Crippen molar-refractivity contribution < 1.29 is 9.18 Å². The van der Waals surface area contributed by atoms with E-state index >= 15 is 0 Å². The number of carbonyl (C=O) groups is 1. The van der Waals surface area contributed by atoms with Crippen molar-refractivity contribution in [3.63, 3.8) is 0 Å². The van der Waals surface area contributed by atoms with Crippen LogP contribution in [0.2, 0.25) is 0 Å². The fourth-order valence-electron chi connectivity index (χ4n) is 2.04. The molecule has 1 amide bonds. The second kappa shape index (κ2) is 7.11. The molecule has 3 rings (SSSR count). The van der Waals surface area contributed by atoms with Gasteiger partial charge in [0, 0.05) is 15.8 Å². The van der Waals surface area contributed by atoms with Crippen molar-refractivity contribution in [1.29, 1.82) is 0 Å². The third kappa shape index (κ3) is 3.98. The lowest BCUT2D eigenvalue weighted by molar-refractivity contribution is 0.103. The molecule has 122 valence electrons. The van der Waals surface area contributed by atoms with Gasteiger partial charge in [0.1, 0.15) is 10.7 Å². The van der Waals surface area contributed by atoms with Gasteiger partial charge in [0.25, 0.3) is 5.91 Å². The minimum absolute atomic E-state index is 0.209. The summed E-state index contributed by atoms with van der Waals surface area (Å²) in [6.45, 7) is 1.78. The molecule has 0 fully saturated rings. The summed E-state index contributed by atoms with van der Waals surface area (Å²) in [6.07, 6.45) is 0. The highest BCUT2D eigenvalue weighted by Gasteiger charge is 2.15. The third-order valence-corrected chi connectivity index (χ3v) is 4.80. The second-order valence-corrected chi connectivity index (χ2v) is 6.94. The Morgan fingerprint density at radius 2 is 1.71 bits per heavy atom. The zero-order chi connectivity index (χ0) is 17.1. The molecule has 1 heterocycles. The molecule has 0 aliphatic rings. The van der Waals surface area contributed by atoms with Gasteiger partial charge in [-0.3, -0.25) is 4.79 Å². The van der Waals surface area contributed by atoms with Crippen molar-refractivity contribution >= 4 is 49.7 Å². The van der Waals surface area contributed by atoms with Crippen molar-refractivity contribution in [2.24, 2.45) is 0 Å². The summed E-state index contributed by atoms with van der Waals surface area (Å²) in [5.41, 5.74) is 2.06. The van der Waals surface area contributed by atoms with Crippen LogP contribution in [0.1, 0.15) is 15.4 Å². The van der Waals surface area contributed by atoms with Crippen LogP contribution in [0.25, 0.3) is 0 Å². The number of hydrogen-bond donors (Lipinski definition) is 2. The zero-order valence-corrected chi connectivity index (χ0v) is 15.0. The predicted octanol–water partition coefficient (Wildman–Crippen LogP) is 5.35. The first-order valence-corrected chi connectivity index (χ1v) is 8.69. The van der Waals surface area contributed by atoms with Crippen LogP contribution in [0.3, 0.4) is 0 Å². The van der Waals surface area contributed by atoms with E-state index in [0.29, 0.717) is 27.1 Å². The summed E-state index contributed by atoms with van der Waals surface area (Å²) < 4.78 is 13.9. The van der Waals surface area contributed by atoms with Crippen molar-refractivity contribution in [2.45, 2.75) is 6.92 Å². The molecule has 0 bridgehead atoms. The molecule has 0 aliphatic heterocycles. The van der Waals surface area contributed by atoms with E-state index in [-0.39, 0.29) is 11.7 Å². The summed E-state index contributed by atoms with van der Waals surface area (Å²) in [5, 5.41) is 6.50. The molecular weight excluding hydrogens is 393 g/mol. The first-order valence-electron chi connectivity index (χ1n) is 7.08. The number of carbonyl (C=O) groups excluding carboxylic acids is 1. The Bertz CT molecular complexity index is 863. The van der Waals surface area contributed by atoms with Crippen LogP contribution in [0, 0.1) is 12.7 Å². The van der Waals surface area contributed by atoms with Gasteiger partial charge in [-0.1, -0.05) is 27.3 Å². The normalized spacial score (nSPS) is 10.5. The molecule has 0 radical (unpaired) electrons. The molecule has 0 saturated heterocycles. The maximum atomic E-state index is 12.9. The Labute approximate surface area is 150 Å². The van der Waals surface area contributed by atoms with Gasteiger partial charge in [-0.2, -0.15) is 0 Å². The van der Waals surface area contributed by atoms with Crippen molar-refractivity contribution in [2.75, 3.05) is 10.6 Å². The maximum absolute atomic E-state index is 12.9. The van der Waals surface area contributed by atoms with Crippen LogP contribution < -0.4 is 10.6 Å². The van der Waals surface area contributed by atoms with Crippen LogP contribution in [0.4, 0.5) is 20.9 Å². The highest BCUT2D eigenvalue weighted by Crippen LogP contribution is 2.27. The molecule has 0 atom stereocenters. The van der Waals surface area contributed by atoms with Gasteiger partial charge in [-0.05, 0) is 55.5 Å². The Morgan fingerprint density at radius 1 is 1.08 bits per heavy atom. The molecule has 1 aromatic heterocycles. The van der Waals surface area contributed by atoms with E-state index in [2.05, 4.69) is 31.5 Å². The number of aromatic nitrogens is 1. The molecule has 7 heteroatoms. The van der Waals surface area contributed by atoms with Gasteiger partial charge >= 0.3 is 0 Å². The van der Waals surface area contributed by atoms with Gasteiger partial charge in [0.15, 0.2) is 5.13 Å². The zero-order valence-electron chi connectivity index (χ0n) is 12.6. The first kappa shape index (κ1) is 16.6. The van der Waals surface area contributed by atoms with Crippen LogP contribution in [-0.4, -0.2) is 10.9 Å². The molecule has 3 aromatic rings. The molecule has 0 spiro atoms. The fourth-order valence-corrected chi connectivity index (χ4v) is 3.18. The summed E-state index contributed by atoms with van der Waals surface area (Å²) in [7, 11) is 0. The predicted molar refractivity (Wildman–Crippen MR) is 98.6 cm³/mol. The van der Waals surface area contributed by atoms with Crippen LogP contribution in [0.5, 0.6) is 0 Å². The number of hydrogen-bond acceptors (Lipinski definition) is 4. The molecule has 2 N–H and O–H groups in total. The topological polar surface area (TPSA) is 54.0 Å². The molecule has 2 aromatic carbocycles. The Balaban J connectivity index is 1.74. The van der Waals surface area contributed by atoms with Gasteiger partial charge in [-0.25, -0.2) is 9.37 Å². The standard InChI is InChI=1S/C17H13BrFN3OS/c1-10-15(16(23)21-13-6-2-11(18)3-7-13)24-17(20-10)22-14-8-4-12(19)5-9-14/h2-9H,1H3,(H,20,22)(H,21,23). The smallest absolute Gasteiger partial charge is 0.267 e. The number of halogens is 2. The van der Waals surface area contributed by atoms with E-state index in [4.69, 9.17) is 0 Å². The monoisotopic (exact) mass is 405 g/mol. The number of aryl methyl sites for hydroxylation is 1. The summed E-state index contributed by atoms with van der Waals surface area (Å²) in [6, 6.07) is 13.3. The number of anilines is 3. The van der Waals surface area contributed by atoms with E-state index in [0.717, 1.165) is 4.47 Å². The minimum Gasteiger partial charge on any atom is -0.332 e. The molecule has 24 heavy (non-hydrogen) atoms. The number of nitrogens with zero attached hydrogens (tertiary/aromatic N) is 1. The van der Waals surface area contributed by atoms with Crippen LogP contribution in [-0.2, 0) is 0 Å². The molecule has 0 unspecified atom stereocenters. The highest BCUT2D eigenvalue weighted by atomic mass is 79.9. The van der Waals surface area contributed by atoms with Crippen molar-refractivity contribution in [1.82, 2.24) is 4.98 Å². The maximum Gasteiger partial charge on any atom is 0.267 e. The molecule has 4 nitrogen and oxygen atoms in total. The molecule has 0 aliphatic carbocycles. The Hall–Kier alpha value is -2.25.